The number of ether oxygens (including phenoxy) is 1. The predicted molar refractivity (Wildman–Crippen MR) is 88.5 cm³/mol. The Hall–Kier alpha value is -2.66. The third-order valence-corrected chi connectivity index (χ3v) is 4.00. The summed E-state index contributed by atoms with van der Waals surface area (Å²) >= 11 is 1.58. The van der Waals surface area contributed by atoms with Gasteiger partial charge < -0.3 is 10.1 Å². The van der Waals surface area contributed by atoms with Crippen LogP contribution >= 0.6 is 11.3 Å². The van der Waals surface area contributed by atoms with Crippen molar-refractivity contribution in [1.82, 2.24) is 4.98 Å². The van der Waals surface area contributed by atoms with Gasteiger partial charge in [0, 0.05) is 22.8 Å². The van der Waals surface area contributed by atoms with Gasteiger partial charge in [-0.3, -0.25) is 4.79 Å². The lowest BCUT2D eigenvalue weighted by molar-refractivity contribution is 0.102. The van der Waals surface area contributed by atoms with Crippen LogP contribution in [0.1, 0.15) is 10.4 Å². The maximum absolute atomic E-state index is 12.3. The summed E-state index contributed by atoms with van der Waals surface area (Å²) in [6.07, 6.45) is 1.78. The van der Waals surface area contributed by atoms with Crippen LogP contribution in [0.4, 0.5) is 5.69 Å². The minimum absolute atomic E-state index is 0.195. The molecule has 1 N–H and O–H groups in total. The molecule has 5 heteroatoms. The van der Waals surface area contributed by atoms with Gasteiger partial charge in [0.15, 0.2) is 0 Å². The Morgan fingerprint density at radius 3 is 2.59 bits per heavy atom. The molecule has 0 aliphatic carbocycles. The van der Waals surface area contributed by atoms with E-state index in [1.807, 2.05) is 41.8 Å². The van der Waals surface area contributed by atoms with Crippen molar-refractivity contribution >= 4 is 22.9 Å². The van der Waals surface area contributed by atoms with Gasteiger partial charge in [0.2, 0.25) is 0 Å². The van der Waals surface area contributed by atoms with E-state index in [0.717, 1.165) is 16.3 Å². The second-order valence-corrected chi connectivity index (χ2v) is 5.46. The van der Waals surface area contributed by atoms with E-state index in [-0.39, 0.29) is 5.91 Å². The number of carbonyl (C=O) groups is 1. The van der Waals surface area contributed by atoms with Crippen LogP contribution in [0.15, 0.2) is 60.1 Å². The molecule has 110 valence electrons. The molecule has 4 nitrogen and oxygen atoms in total. The zero-order valence-corrected chi connectivity index (χ0v) is 12.8. The number of amides is 1. The van der Waals surface area contributed by atoms with E-state index in [1.54, 1.807) is 36.8 Å². The molecule has 3 rings (SSSR count). The van der Waals surface area contributed by atoms with E-state index in [1.165, 1.54) is 0 Å². The Kier molecular flexibility index (Phi) is 4.16. The molecule has 1 amide bonds. The van der Waals surface area contributed by atoms with Crippen LogP contribution in [0, 0.1) is 0 Å². The van der Waals surface area contributed by atoms with Crippen molar-refractivity contribution in [3.8, 4) is 16.3 Å². The van der Waals surface area contributed by atoms with Gasteiger partial charge in [-0.1, -0.05) is 12.1 Å². The van der Waals surface area contributed by atoms with Gasteiger partial charge >= 0.3 is 0 Å². The number of carbonyl (C=O) groups excluding carboxylic acids is 1. The Bertz CT molecular complexity index is 768. The Balaban J connectivity index is 1.77. The fourth-order valence-corrected chi connectivity index (χ4v) is 2.74. The largest absolute Gasteiger partial charge is 0.496 e. The van der Waals surface area contributed by atoms with Gasteiger partial charge in [-0.25, -0.2) is 4.98 Å². The summed E-state index contributed by atoms with van der Waals surface area (Å²) in [5.41, 5.74) is 2.27. The maximum atomic E-state index is 12.3. The molecule has 2 aromatic carbocycles. The molecule has 0 aliphatic rings. The van der Waals surface area contributed by atoms with Gasteiger partial charge in [-0.2, -0.15) is 0 Å². The van der Waals surface area contributed by atoms with E-state index >= 15 is 0 Å². The monoisotopic (exact) mass is 310 g/mol. The highest BCUT2D eigenvalue weighted by Gasteiger charge is 2.11. The van der Waals surface area contributed by atoms with Crippen LogP contribution in [-0.2, 0) is 0 Å². The molecule has 0 bridgehead atoms. The lowest BCUT2D eigenvalue weighted by Crippen LogP contribution is -2.12. The molecule has 0 radical (unpaired) electrons. The number of benzene rings is 2. The van der Waals surface area contributed by atoms with Crippen molar-refractivity contribution in [3.63, 3.8) is 0 Å². The molecule has 0 fully saturated rings. The van der Waals surface area contributed by atoms with E-state index in [2.05, 4.69) is 10.3 Å². The zero-order chi connectivity index (χ0) is 15.4. The van der Waals surface area contributed by atoms with Gasteiger partial charge in [0.1, 0.15) is 10.8 Å². The topological polar surface area (TPSA) is 51.2 Å². The maximum Gasteiger partial charge on any atom is 0.259 e. The molecule has 0 saturated carbocycles. The molecule has 0 unspecified atom stereocenters. The molecule has 22 heavy (non-hydrogen) atoms. The Morgan fingerprint density at radius 2 is 1.91 bits per heavy atom. The zero-order valence-electron chi connectivity index (χ0n) is 11.9. The average Bonchev–Trinajstić information content (AvgIpc) is 3.10. The summed E-state index contributed by atoms with van der Waals surface area (Å²) in [7, 11) is 1.55. The summed E-state index contributed by atoms with van der Waals surface area (Å²) in [6.45, 7) is 0. The Morgan fingerprint density at radius 1 is 1.14 bits per heavy atom. The van der Waals surface area contributed by atoms with Crippen molar-refractivity contribution < 1.29 is 9.53 Å². The van der Waals surface area contributed by atoms with Crippen LogP contribution in [-0.4, -0.2) is 18.0 Å². The molecular formula is C17H14N2O2S. The molecular weight excluding hydrogens is 296 g/mol. The van der Waals surface area contributed by atoms with Gasteiger partial charge in [-0.05, 0) is 36.4 Å². The standard InChI is InChI=1S/C17H14N2O2S/c1-21-15-5-3-2-4-14(15)16(20)19-13-8-6-12(7-9-13)17-18-10-11-22-17/h2-11H,1H3,(H,19,20). The molecule has 1 heterocycles. The van der Waals surface area contributed by atoms with E-state index in [4.69, 9.17) is 4.74 Å². The number of hydrogen-bond acceptors (Lipinski definition) is 4. The smallest absolute Gasteiger partial charge is 0.259 e. The molecule has 1 aromatic heterocycles. The number of nitrogens with zero attached hydrogens (tertiary/aromatic N) is 1. The second-order valence-electron chi connectivity index (χ2n) is 4.57. The lowest BCUT2D eigenvalue weighted by Gasteiger charge is -2.09. The number of thiazole rings is 1. The normalized spacial score (nSPS) is 10.2. The summed E-state index contributed by atoms with van der Waals surface area (Å²) in [5, 5.41) is 5.77. The average molecular weight is 310 g/mol. The predicted octanol–water partition coefficient (Wildman–Crippen LogP) is 4.07. The molecule has 0 aliphatic heterocycles. The number of rotatable bonds is 4. The Labute approximate surface area is 132 Å². The van der Waals surface area contributed by atoms with E-state index in [0.29, 0.717) is 11.3 Å². The van der Waals surface area contributed by atoms with Crippen molar-refractivity contribution in [2.45, 2.75) is 0 Å². The number of aromatic nitrogens is 1. The third kappa shape index (κ3) is 2.99. The summed E-state index contributed by atoms with van der Waals surface area (Å²) in [4.78, 5) is 16.6. The van der Waals surface area contributed by atoms with Gasteiger partial charge in [0.25, 0.3) is 5.91 Å². The summed E-state index contributed by atoms with van der Waals surface area (Å²) < 4.78 is 5.20. The van der Waals surface area contributed by atoms with Crippen LogP contribution in [0.5, 0.6) is 5.75 Å². The van der Waals surface area contributed by atoms with E-state index < -0.39 is 0 Å². The number of hydrogen-bond donors (Lipinski definition) is 1. The first-order valence-corrected chi connectivity index (χ1v) is 7.60. The van der Waals surface area contributed by atoms with Crippen molar-refractivity contribution in [2.75, 3.05) is 12.4 Å². The van der Waals surface area contributed by atoms with E-state index in [9.17, 15) is 4.79 Å². The number of anilines is 1. The SMILES string of the molecule is COc1ccccc1C(=O)Nc1ccc(-c2nccs2)cc1. The lowest BCUT2D eigenvalue weighted by atomic mass is 10.1. The fourth-order valence-electron chi connectivity index (χ4n) is 2.09. The highest BCUT2D eigenvalue weighted by atomic mass is 32.1. The van der Waals surface area contributed by atoms with Crippen LogP contribution in [0.25, 0.3) is 10.6 Å². The fraction of sp³-hybridized carbons (Fsp3) is 0.0588. The molecule has 0 atom stereocenters. The van der Waals surface area contributed by atoms with Crippen molar-refractivity contribution in [1.29, 1.82) is 0 Å². The highest BCUT2D eigenvalue weighted by molar-refractivity contribution is 7.13. The summed E-state index contributed by atoms with van der Waals surface area (Å²) in [5.74, 6) is 0.360. The minimum Gasteiger partial charge on any atom is -0.496 e. The van der Waals surface area contributed by atoms with Crippen LogP contribution in [0.3, 0.4) is 0 Å². The highest BCUT2D eigenvalue weighted by Crippen LogP contribution is 2.24. The molecule has 0 saturated heterocycles. The second kappa shape index (κ2) is 6.41. The minimum atomic E-state index is -0.195. The first kappa shape index (κ1) is 14.3. The number of nitrogens with one attached hydrogen (secondary N) is 1. The molecule has 0 spiro atoms. The number of methoxy groups -OCH3 is 1. The quantitative estimate of drug-likeness (QED) is 0.790. The van der Waals surface area contributed by atoms with Crippen molar-refractivity contribution in [3.05, 3.63) is 65.7 Å². The molecule has 3 aromatic rings. The first-order valence-electron chi connectivity index (χ1n) is 6.72. The van der Waals surface area contributed by atoms with Crippen LogP contribution in [0.2, 0.25) is 0 Å². The van der Waals surface area contributed by atoms with Gasteiger partial charge in [-0.15, -0.1) is 11.3 Å². The van der Waals surface area contributed by atoms with Crippen LogP contribution < -0.4 is 10.1 Å². The van der Waals surface area contributed by atoms with Crippen molar-refractivity contribution in [2.24, 2.45) is 0 Å². The summed E-state index contributed by atoms with van der Waals surface area (Å²) in [6, 6.07) is 14.8. The number of para-hydroxylation sites is 1. The third-order valence-electron chi connectivity index (χ3n) is 3.17. The van der Waals surface area contributed by atoms with Gasteiger partial charge in [0.05, 0.1) is 12.7 Å². The first-order chi connectivity index (χ1) is 10.8.